The lowest BCUT2D eigenvalue weighted by atomic mass is 9.87. The van der Waals surface area contributed by atoms with Crippen LogP contribution in [0.2, 0.25) is 0 Å². The van der Waals surface area contributed by atoms with Crippen LogP contribution in [-0.2, 0) is 22.4 Å². The molecule has 8 nitrogen and oxygen atoms in total. The third kappa shape index (κ3) is 4.25. The summed E-state index contributed by atoms with van der Waals surface area (Å²) < 4.78 is 11.0. The number of hydrogen-bond donors (Lipinski definition) is 5. The number of carboxylic acid groups (broad SMARTS) is 1. The molecule has 6 atom stereocenters. The number of aliphatic hydroxyl groups is 3. The van der Waals surface area contributed by atoms with Gasteiger partial charge in [0.1, 0.15) is 24.1 Å². The highest BCUT2D eigenvalue weighted by atomic mass is 16.7. The van der Waals surface area contributed by atoms with Gasteiger partial charge in [0.25, 0.3) is 0 Å². The summed E-state index contributed by atoms with van der Waals surface area (Å²) >= 11 is 0. The monoisotopic (exact) mass is 381 g/mol. The van der Waals surface area contributed by atoms with Crippen molar-refractivity contribution in [2.45, 2.75) is 69.4 Å². The van der Waals surface area contributed by atoms with Gasteiger partial charge >= 0.3 is 5.97 Å². The molecule has 1 aliphatic carbocycles. The molecule has 1 aromatic rings. The number of benzene rings is 1. The van der Waals surface area contributed by atoms with E-state index >= 15 is 0 Å². The van der Waals surface area contributed by atoms with E-state index < -0.39 is 36.7 Å². The van der Waals surface area contributed by atoms with E-state index in [0.717, 1.165) is 43.4 Å². The molecule has 150 valence electrons. The van der Waals surface area contributed by atoms with E-state index in [4.69, 9.17) is 14.6 Å². The fourth-order valence-electron chi connectivity index (χ4n) is 3.66. The maximum Gasteiger partial charge on any atom is 0.335 e. The van der Waals surface area contributed by atoms with Crippen LogP contribution in [0.15, 0.2) is 18.2 Å². The normalized spacial score (nSPS) is 33.3. The first-order valence-electron chi connectivity index (χ1n) is 9.35. The van der Waals surface area contributed by atoms with Crippen LogP contribution in [0.25, 0.3) is 0 Å². The molecule has 5 N–H and O–H groups in total. The number of aryl methyl sites for hydroxylation is 1. The van der Waals surface area contributed by atoms with Crippen LogP contribution >= 0.6 is 0 Å². The van der Waals surface area contributed by atoms with E-state index in [1.54, 1.807) is 6.07 Å². The standard InChI is InChI=1S/C19H27NO7/c1-2-8-20-11-7-6-10-4-3-5-13(12(10)9-11)26-19-16(23)14(21)15(22)17(27-19)18(24)25/h3-5,11,14-17,19-23H,2,6-9H2,1H3,(H,24,25)/t11?,14-,15-,16+,17-,19+/m0/s1. The zero-order valence-electron chi connectivity index (χ0n) is 15.2. The third-order valence-corrected chi connectivity index (χ3v) is 5.18. The summed E-state index contributed by atoms with van der Waals surface area (Å²) in [7, 11) is 0. The van der Waals surface area contributed by atoms with Gasteiger partial charge in [-0.15, -0.1) is 0 Å². The number of ether oxygens (including phenoxy) is 2. The lowest BCUT2D eigenvalue weighted by Crippen LogP contribution is -2.61. The molecule has 27 heavy (non-hydrogen) atoms. The van der Waals surface area contributed by atoms with Gasteiger partial charge in [-0.1, -0.05) is 19.1 Å². The van der Waals surface area contributed by atoms with Crippen LogP contribution in [0.5, 0.6) is 5.75 Å². The lowest BCUT2D eigenvalue weighted by molar-refractivity contribution is -0.271. The van der Waals surface area contributed by atoms with Gasteiger partial charge in [0.15, 0.2) is 6.10 Å². The lowest BCUT2D eigenvalue weighted by Gasteiger charge is -2.39. The fourth-order valence-corrected chi connectivity index (χ4v) is 3.66. The maximum atomic E-state index is 11.2. The molecule has 2 aliphatic rings. The van der Waals surface area contributed by atoms with Crippen LogP contribution in [0.3, 0.4) is 0 Å². The second kappa shape index (κ2) is 8.53. The van der Waals surface area contributed by atoms with E-state index in [9.17, 15) is 20.1 Å². The highest BCUT2D eigenvalue weighted by Crippen LogP contribution is 2.32. The second-order valence-electron chi connectivity index (χ2n) is 7.14. The molecule has 1 fully saturated rings. The second-order valence-corrected chi connectivity index (χ2v) is 7.14. The fraction of sp³-hybridized carbons (Fsp3) is 0.632. The Morgan fingerprint density at radius 2 is 2.04 bits per heavy atom. The van der Waals surface area contributed by atoms with Gasteiger partial charge in [-0.25, -0.2) is 4.79 Å². The predicted octanol–water partition coefficient (Wildman–Crippen LogP) is -0.185. The van der Waals surface area contributed by atoms with Crippen molar-refractivity contribution >= 4 is 5.97 Å². The highest BCUT2D eigenvalue weighted by molar-refractivity contribution is 5.73. The number of fused-ring (bicyclic) bond motifs is 1. The van der Waals surface area contributed by atoms with Gasteiger partial charge in [0.05, 0.1) is 0 Å². The first-order chi connectivity index (χ1) is 12.9. The molecule has 1 heterocycles. The molecule has 3 rings (SSSR count). The topological polar surface area (TPSA) is 128 Å². The molecule has 0 spiro atoms. The summed E-state index contributed by atoms with van der Waals surface area (Å²) in [5, 5.41) is 42.6. The minimum absolute atomic E-state index is 0.318. The number of aliphatic carboxylic acids is 1. The Balaban J connectivity index is 1.78. The molecule has 0 saturated carbocycles. The van der Waals surface area contributed by atoms with Crippen LogP contribution in [-0.4, -0.2) is 69.7 Å². The van der Waals surface area contributed by atoms with Crippen molar-refractivity contribution in [2.24, 2.45) is 0 Å². The molecular weight excluding hydrogens is 354 g/mol. The summed E-state index contributed by atoms with van der Waals surface area (Å²) in [6.45, 7) is 3.04. The van der Waals surface area contributed by atoms with Crippen LogP contribution in [0.1, 0.15) is 30.9 Å². The number of nitrogens with one attached hydrogen (secondary N) is 1. The minimum atomic E-state index is -1.73. The molecule has 1 unspecified atom stereocenters. The number of aliphatic hydroxyl groups excluding tert-OH is 3. The number of rotatable bonds is 6. The Morgan fingerprint density at radius 3 is 2.74 bits per heavy atom. The molecule has 1 saturated heterocycles. The average molecular weight is 381 g/mol. The van der Waals surface area contributed by atoms with Crippen molar-refractivity contribution in [1.82, 2.24) is 5.32 Å². The van der Waals surface area contributed by atoms with Crippen molar-refractivity contribution in [3.63, 3.8) is 0 Å². The summed E-state index contributed by atoms with van der Waals surface area (Å²) in [6.07, 6.45) is -4.34. The van der Waals surface area contributed by atoms with Crippen molar-refractivity contribution in [1.29, 1.82) is 0 Å². The Morgan fingerprint density at radius 1 is 1.26 bits per heavy atom. The molecule has 0 radical (unpaired) electrons. The van der Waals surface area contributed by atoms with E-state index in [-0.39, 0.29) is 0 Å². The first kappa shape index (κ1) is 20.0. The average Bonchev–Trinajstić information content (AvgIpc) is 2.66. The minimum Gasteiger partial charge on any atom is -0.479 e. The third-order valence-electron chi connectivity index (χ3n) is 5.18. The van der Waals surface area contributed by atoms with Crippen molar-refractivity contribution in [3.05, 3.63) is 29.3 Å². The number of carboxylic acids is 1. The Hall–Kier alpha value is -1.71. The molecule has 1 aromatic carbocycles. The van der Waals surface area contributed by atoms with Crippen molar-refractivity contribution < 1.29 is 34.7 Å². The van der Waals surface area contributed by atoms with E-state index in [1.165, 1.54) is 0 Å². The zero-order valence-corrected chi connectivity index (χ0v) is 15.2. The first-order valence-corrected chi connectivity index (χ1v) is 9.35. The molecule has 0 bridgehead atoms. The number of hydrogen-bond acceptors (Lipinski definition) is 7. The van der Waals surface area contributed by atoms with Crippen molar-refractivity contribution in [2.75, 3.05) is 6.54 Å². The van der Waals surface area contributed by atoms with Crippen LogP contribution in [0.4, 0.5) is 0 Å². The highest BCUT2D eigenvalue weighted by Gasteiger charge is 2.48. The number of carbonyl (C=O) groups is 1. The quantitative estimate of drug-likeness (QED) is 0.459. The Kier molecular flexibility index (Phi) is 6.33. The van der Waals surface area contributed by atoms with Crippen LogP contribution < -0.4 is 10.1 Å². The SMILES string of the molecule is CCCNC1CCc2cccc(O[C@@H]3O[C@H](C(=O)O)[C@@H](O)[C@H](O)[C@H]3O)c2C1. The van der Waals surface area contributed by atoms with E-state index in [1.807, 2.05) is 12.1 Å². The van der Waals surface area contributed by atoms with Gasteiger partial charge in [0.2, 0.25) is 6.29 Å². The zero-order chi connectivity index (χ0) is 19.6. The summed E-state index contributed by atoms with van der Waals surface area (Å²) in [6, 6.07) is 5.92. The largest absolute Gasteiger partial charge is 0.479 e. The van der Waals surface area contributed by atoms with Gasteiger partial charge < -0.3 is 35.2 Å². The maximum absolute atomic E-state index is 11.2. The molecule has 0 aromatic heterocycles. The van der Waals surface area contributed by atoms with E-state index in [2.05, 4.69) is 12.2 Å². The molecule has 1 aliphatic heterocycles. The van der Waals surface area contributed by atoms with Crippen LogP contribution in [0, 0.1) is 0 Å². The van der Waals surface area contributed by atoms with Gasteiger partial charge in [0, 0.05) is 6.04 Å². The smallest absolute Gasteiger partial charge is 0.335 e. The summed E-state index contributed by atoms with van der Waals surface area (Å²) in [4.78, 5) is 11.2. The summed E-state index contributed by atoms with van der Waals surface area (Å²) in [5.74, 6) is -0.937. The Bertz CT molecular complexity index is 667. The molecule has 8 heteroatoms. The van der Waals surface area contributed by atoms with Gasteiger partial charge in [-0.05, 0) is 49.4 Å². The summed E-state index contributed by atoms with van der Waals surface area (Å²) in [5.41, 5.74) is 2.13. The predicted molar refractivity (Wildman–Crippen MR) is 95.5 cm³/mol. The Labute approximate surface area is 157 Å². The molecule has 0 amide bonds. The van der Waals surface area contributed by atoms with Gasteiger partial charge in [-0.2, -0.15) is 0 Å². The van der Waals surface area contributed by atoms with Gasteiger partial charge in [-0.3, -0.25) is 0 Å². The van der Waals surface area contributed by atoms with Crippen molar-refractivity contribution in [3.8, 4) is 5.75 Å². The van der Waals surface area contributed by atoms with E-state index in [0.29, 0.717) is 11.8 Å². The molecular formula is C19H27NO7.